The molecule has 0 atom stereocenters. The van der Waals surface area contributed by atoms with Gasteiger partial charge in [-0.25, -0.2) is 0 Å². The molecule has 1 aliphatic rings. The van der Waals surface area contributed by atoms with Gasteiger partial charge < -0.3 is 0 Å². The minimum Gasteiger partial charge on any atom is -0.299 e. The van der Waals surface area contributed by atoms with Gasteiger partial charge in [0.1, 0.15) is 10.9 Å². The largest absolute Gasteiger partial charge is 0.299 e. The Morgan fingerprint density at radius 2 is 1.76 bits per heavy atom. The van der Waals surface area contributed by atoms with Gasteiger partial charge in [0, 0.05) is 5.75 Å². The van der Waals surface area contributed by atoms with Gasteiger partial charge in [-0.2, -0.15) is 0 Å². The Morgan fingerprint density at radius 1 is 1.06 bits per heavy atom. The molecule has 0 unspecified atom stereocenters. The lowest BCUT2D eigenvalue weighted by atomic mass is 10.2. The number of thioether (sulfide) groups is 2. The first-order chi connectivity index (χ1) is 16.1. The van der Waals surface area contributed by atoms with Crippen LogP contribution in [0.2, 0.25) is 0 Å². The second-order valence-electron chi connectivity index (χ2n) is 6.72. The van der Waals surface area contributed by atoms with Gasteiger partial charge in [-0.05, 0) is 17.2 Å². The standard InChI is InChI=1S/C23H18N4O2S4/c28-19(15-27-20(29)18(32-23(27)30)14-17-10-5-2-6-11-17)24-21-25-26-22(33-21)31-13-7-12-16-8-3-1-4-9-16/h1-12,14H,13,15H2,(H,24,25,28)/b12-7+,18-14+. The molecule has 1 N–H and O–H groups in total. The maximum atomic E-state index is 12.7. The number of benzene rings is 2. The van der Waals surface area contributed by atoms with Crippen molar-refractivity contribution in [3.8, 4) is 0 Å². The molecule has 0 radical (unpaired) electrons. The first-order valence-corrected chi connectivity index (χ1v) is 12.9. The minimum atomic E-state index is -0.371. The smallest absolute Gasteiger partial charge is 0.266 e. The second-order valence-corrected chi connectivity index (χ2v) is 10.6. The molecule has 1 fully saturated rings. The summed E-state index contributed by atoms with van der Waals surface area (Å²) in [4.78, 5) is 27.0. The van der Waals surface area contributed by atoms with Gasteiger partial charge in [-0.15, -0.1) is 10.2 Å². The fourth-order valence-corrected chi connectivity index (χ4v) is 5.68. The van der Waals surface area contributed by atoms with Crippen molar-refractivity contribution in [2.24, 2.45) is 0 Å². The van der Waals surface area contributed by atoms with Crippen LogP contribution < -0.4 is 5.32 Å². The van der Waals surface area contributed by atoms with Crippen LogP contribution in [0.5, 0.6) is 0 Å². The summed E-state index contributed by atoms with van der Waals surface area (Å²) < 4.78 is 1.11. The first-order valence-electron chi connectivity index (χ1n) is 9.86. The Balaban J connectivity index is 1.28. The molecule has 0 bridgehead atoms. The predicted molar refractivity (Wildman–Crippen MR) is 141 cm³/mol. The summed E-state index contributed by atoms with van der Waals surface area (Å²) in [6.07, 6.45) is 5.88. The lowest BCUT2D eigenvalue weighted by molar-refractivity contribution is -0.126. The van der Waals surface area contributed by atoms with Crippen molar-refractivity contribution in [2.45, 2.75) is 4.34 Å². The summed E-state index contributed by atoms with van der Waals surface area (Å²) >= 11 is 9.32. The van der Waals surface area contributed by atoms with Gasteiger partial charge in [0.2, 0.25) is 11.0 Å². The molecular formula is C23H18N4O2S4. The Hall–Kier alpha value is -2.79. The zero-order valence-corrected chi connectivity index (χ0v) is 20.5. The molecule has 1 saturated heterocycles. The SMILES string of the molecule is O=C(CN1C(=O)/C(=C\c2ccccc2)SC1=S)Nc1nnc(SC/C=C/c2ccccc2)s1. The Kier molecular flexibility index (Phi) is 8.05. The van der Waals surface area contributed by atoms with E-state index in [0.717, 1.165) is 21.2 Å². The molecule has 166 valence electrons. The Labute approximate surface area is 209 Å². The number of hydrogen-bond donors (Lipinski definition) is 1. The van der Waals surface area contributed by atoms with Gasteiger partial charge in [-0.3, -0.25) is 19.8 Å². The maximum absolute atomic E-state index is 12.7. The van der Waals surface area contributed by atoms with Crippen molar-refractivity contribution in [1.82, 2.24) is 15.1 Å². The number of rotatable bonds is 8. The highest BCUT2D eigenvalue weighted by atomic mass is 32.2. The normalized spacial score (nSPS) is 15.0. The third-order valence-electron chi connectivity index (χ3n) is 4.34. The number of aromatic nitrogens is 2. The average molecular weight is 511 g/mol. The van der Waals surface area contributed by atoms with E-state index in [1.807, 2.05) is 66.7 Å². The number of nitrogens with one attached hydrogen (secondary N) is 1. The molecule has 2 aromatic carbocycles. The molecule has 3 aromatic rings. The number of thiocarbonyl (C=S) groups is 1. The third kappa shape index (κ3) is 6.61. The lowest BCUT2D eigenvalue weighted by Crippen LogP contribution is -2.36. The fraction of sp³-hybridized carbons (Fsp3) is 0.0870. The van der Waals surface area contributed by atoms with Crippen molar-refractivity contribution in [3.05, 3.63) is 82.8 Å². The minimum absolute atomic E-state index is 0.168. The number of carbonyl (C=O) groups excluding carboxylic acids is 2. The molecule has 0 spiro atoms. The van der Waals surface area contributed by atoms with Crippen molar-refractivity contribution in [3.63, 3.8) is 0 Å². The van der Waals surface area contributed by atoms with E-state index in [-0.39, 0.29) is 18.4 Å². The monoisotopic (exact) mass is 510 g/mol. The van der Waals surface area contributed by atoms with E-state index in [2.05, 4.69) is 21.6 Å². The third-order valence-corrected chi connectivity index (χ3v) is 7.64. The summed E-state index contributed by atoms with van der Waals surface area (Å²) in [5.74, 6) is 0.0912. The summed E-state index contributed by atoms with van der Waals surface area (Å²) in [7, 11) is 0. The fourth-order valence-electron chi connectivity index (χ4n) is 2.83. The maximum Gasteiger partial charge on any atom is 0.266 e. The highest BCUT2D eigenvalue weighted by Gasteiger charge is 2.33. The molecule has 2 amide bonds. The highest BCUT2D eigenvalue weighted by molar-refractivity contribution is 8.26. The number of carbonyl (C=O) groups is 2. The number of amides is 2. The van der Waals surface area contributed by atoms with E-state index < -0.39 is 0 Å². The number of anilines is 1. The van der Waals surface area contributed by atoms with Gasteiger partial charge in [0.15, 0.2) is 4.34 Å². The molecule has 0 aliphatic carbocycles. The van der Waals surface area contributed by atoms with Gasteiger partial charge >= 0.3 is 0 Å². The average Bonchev–Trinajstić information content (AvgIpc) is 3.37. The van der Waals surface area contributed by atoms with E-state index in [1.165, 1.54) is 39.8 Å². The molecule has 1 aromatic heterocycles. The highest BCUT2D eigenvalue weighted by Crippen LogP contribution is 2.32. The van der Waals surface area contributed by atoms with E-state index in [4.69, 9.17) is 12.2 Å². The second kappa shape index (κ2) is 11.4. The summed E-state index contributed by atoms with van der Waals surface area (Å²) in [5, 5.41) is 11.2. The molecule has 33 heavy (non-hydrogen) atoms. The molecular weight excluding hydrogens is 493 g/mol. The lowest BCUT2D eigenvalue weighted by Gasteiger charge is -2.13. The van der Waals surface area contributed by atoms with Crippen LogP contribution in [-0.4, -0.2) is 43.5 Å². The molecule has 0 saturated carbocycles. The van der Waals surface area contributed by atoms with Crippen LogP contribution in [0.4, 0.5) is 5.13 Å². The van der Waals surface area contributed by atoms with Crippen molar-refractivity contribution in [2.75, 3.05) is 17.6 Å². The molecule has 6 nitrogen and oxygen atoms in total. The Bertz CT molecular complexity index is 1210. The van der Waals surface area contributed by atoms with Crippen LogP contribution in [-0.2, 0) is 9.59 Å². The summed E-state index contributed by atoms with van der Waals surface area (Å²) in [6, 6.07) is 19.6. The number of hydrogen-bond acceptors (Lipinski definition) is 8. The molecule has 2 heterocycles. The van der Waals surface area contributed by atoms with E-state index >= 15 is 0 Å². The van der Waals surface area contributed by atoms with Crippen molar-refractivity contribution < 1.29 is 9.59 Å². The van der Waals surface area contributed by atoms with E-state index in [1.54, 1.807) is 6.08 Å². The van der Waals surface area contributed by atoms with Crippen LogP contribution in [0.15, 0.2) is 76.0 Å². The van der Waals surface area contributed by atoms with Crippen LogP contribution in [0.3, 0.4) is 0 Å². The molecule has 10 heteroatoms. The molecule has 4 rings (SSSR count). The zero-order valence-electron chi connectivity index (χ0n) is 17.2. The van der Waals surface area contributed by atoms with Crippen LogP contribution >= 0.6 is 47.1 Å². The summed E-state index contributed by atoms with van der Waals surface area (Å²) in [6.45, 7) is -0.168. The summed E-state index contributed by atoms with van der Waals surface area (Å²) in [5.41, 5.74) is 2.04. The first kappa shape index (κ1) is 23.4. The number of nitrogens with zero attached hydrogens (tertiary/aromatic N) is 3. The zero-order chi connectivity index (χ0) is 23.0. The Morgan fingerprint density at radius 3 is 2.48 bits per heavy atom. The van der Waals surface area contributed by atoms with E-state index in [0.29, 0.717) is 14.4 Å². The van der Waals surface area contributed by atoms with Crippen LogP contribution in [0.1, 0.15) is 11.1 Å². The van der Waals surface area contributed by atoms with Crippen LogP contribution in [0, 0.1) is 0 Å². The predicted octanol–water partition coefficient (Wildman–Crippen LogP) is 5.18. The van der Waals surface area contributed by atoms with Crippen LogP contribution in [0.25, 0.3) is 12.2 Å². The van der Waals surface area contributed by atoms with Gasteiger partial charge in [-0.1, -0.05) is 120 Å². The van der Waals surface area contributed by atoms with Crippen molar-refractivity contribution in [1.29, 1.82) is 0 Å². The van der Waals surface area contributed by atoms with Gasteiger partial charge in [0.05, 0.1) is 4.91 Å². The quantitative estimate of drug-likeness (QED) is 0.194. The topological polar surface area (TPSA) is 75.2 Å². The van der Waals surface area contributed by atoms with Gasteiger partial charge in [0.25, 0.3) is 5.91 Å². The molecule has 1 aliphatic heterocycles. The van der Waals surface area contributed by atoms with E-state index in [9.17, 15) is 9.59 Å². The van der Waals surface area contributed by atoms with Crippen molar-refractivity contribution >= 4 is 80.5 Å².